The SMILES string of the molecule is [CH2]CC(c1ccc(Cl)cc1)n1ccc2cccc(Cl)c21. The number of rotatable bonds is 3. The van der Waals surface area contributed by atoms with Crippen LogP contribution < -0.4 is 0 Å². The van der Waals surface area contributed by atoms with Crippen molar-refractivity contribution >= 4 is 34.1 Å². The maximum Gasteiger partial charge on any atom is 0.0675 e. The molecule has 0 N–H and O–H groups in total. The first-order valence-corrected chi connectivity index (χ1v) is 7.26. The van der Waals surface area contributed by atoms with E-state index in [1.807, 2.05) is 36.4 Å². The molecule has 1 unspecified atom stereocenters. The number of hydrogen-bond donors (Lipinski definition) is 0. The van der Waals surface area contributed by atoms with E-state index in [1.54, 1.807) is 0 Å². The highest BCUT2D eigenvalue weighted by atomic mass is 35.5. The fraction of sp³-hybridized carbons (Fsp3) is 0.118. The van der Waals surface area contributed by atoms with Gasteiger partial charge in [-0.05, 0) is 36.2 Å². The Hall–Kier alpha value is -1.44. The lowest BCUT2D eigenvalue weighted by Gasteiger charge is -2.19. The van der Waals surface area contributed by atoms with E-state index in [9.17, 15) is 0 Å². The number of para-hydroxylation sites is 1. The Labute approximate surface area is 128 Å². The molecule has 1 heterocycles. The van der Waals surface area contributed by atoms with Crippen molar-refractivity contribution in [2.24, 2.45) is 0 Å². The van der Waals surface area contributed by atoms with E-state index in [-0.39, 0.29) is 6.04 Å². The van der Waals surface area contributed by atoms with Gasteiger partial charge in [-0.2, -0.15) is 0 Å². The molecule has 0 saturated heterocycles. The van der Waals surface area contributed by atoms with Gasteiger partial charge in [-0.1, -0.05) is 54.4 Å². The largest absolute Gasteiger partial charge is 0.339 e. The second kappa shape index (κ2) is 5.51. The molecule has 2 aromatic carbocycles. The summed E-state index contributed by atoms with van der Waals surface area (Å²) < 4.78 is 2.19. The van der Waals surface area contributed by atoms with E-state index in [0.717, 1.165) is 27.4 Å². The van der Waals surface area contributed by atoms with Crippen molar-refractivity contribution in [3.63, 3.8) is 0 Å². The molecule has 0 aliphatic heterocycles. The van der Waals surface area contributed by atoms with E-state index in [4.69, 9.17) is 23.2 Å². The lowest BCUT2D eigenvalue weighted by molar-refractivity contribution is 0.611. The van der Waals surface area contributed by atoms with Gasteiger partial charge in [-0.25, -0.2) is 0 Å². The van der Waals surface area contributed by atoms with E-state index in [2.05, 4.69) is 29.8 Å². The number of aromatic nitrogens is 1. The molecule has 101 valence electrons. The van der Waals surface area contributed by atoms with Crippen LogP contribution in [-0.4, -0.2) is 4.57 Å². The van der Waals surface area contributed by atoms with Crippen LogP contribution in [0.5, 0.6) is 0 Å². The predicted molar refractivity (Wildman–Crippen MR) is 86.5 cm³/mol. The van der Waals surface area contributed by atoms with Gasteiger partial charge in [0.05, 0.1) is 16.6 Å². The molecular weight excluding hydrogens is 289 g/mol. The third-order valence-electron chi connectivity index (χ3n) is 3.55. The molecule has 3 rings (SSSR count). The summed E-state index contributed by atoms with van der Waals surface area (Å²) in [6, 6.07) is 16.1. The summed E-state index contributed by atoms with van der Waals surface area (Å²) >= 11 is 12.3. The Morgan fingerprint density at radius 1 is 1.00 bits per heavy atom. The zero-order valence-electron chi connectivity index (χ0n) is 10.9. The standard InChI is InChI=1S/C17H14Cl2N/c1-2-16(12-6-8-14(18)9-7-12)20-11-10-13-4-3-5-15(19)17(13)20/h3-11,16H,1-2H2. The number of nitrogens with zero attached hydrogens (tertiary/aromatic N) is 1. The lowest BCUT2D eigenvalue weighted by Crippen LogP contribution is -2.08. The van der Waals surface area contributed by atoms with E-state index < -0.39 is 0 Å². The van der Waals surface area contributed by atoms with Gasteiger partial charge in [0.2, 0.25) is 0 Å². The van der Waals surface area contributed by atoms with Crippen molar-refractivity contribution in [1.82, 2.24) is 4.57 Å². The van der Waals surface area contributed by atoms with Crippen molar-refractivity contribution < 1.29 is 0 Å². The molecule has 1 nitrogen and oxygen atoms in total. The molecule has 0 bridgehead atoms. The van der Waals surface area contributed by atoms with Crippen molar-refractivity contribution in [3.8, 4) is 0 Å². The average molecular weight is 303 g/mol. The van der Waals surface area contributed by atoms with Crippen LogP contribution >= 0.6 is 23.2 Å². The number of halogens is 2. The molecule has 3 heteroatoms. The normalized spacial score (nSPS) is 12.8. The highest BCUT2D eigenvalue weighted by molar-refractivity contribution is 6.35. The molecule has 0 aliphatic carbocycles. The third kappa shape index (κ3) is 2.32. The molecule has 0 saturated carbocycles. The van der Waals surface area contributed by atoms with Crippen LogP contribution in [0.2, 0.25) is 10.0 Å². The Bertz CT molecular complexity index is 728. The minimum Gasteiger partial charge on any atom is -0.339 e. The van der Waals surface area contributed by atoms with Crippen molar-refractivity contribution in [1.29, 1.82) is 0 Å². The molecule has 1 radical (unpaired) electrons. The van der Waals surface area contributed by atoms with Crippen LogP contribution in [-0.2, 0) is 0 Å². The molecule has 0 amide bonds. The van der Waals surface area contributed by atoms with Gasteiger partial charge in [0, 0.05) is 16.6 Å². The molecule has 1 atom stereocenters. The maximum absolute atomic E-state index is 6.35. The number of benzene rings is 2. The maximum atomic E-state index is 6.35. The molecular formula is C17H14Cl2N. The van der Waals surface area contributed by atoms with Crippen LogP contribution in [0.25, 0.3) is 10.9 Å². The molecule has 20 heavy (non-hydrogen) atoms. The monoisotopic (exact) mass is 302 g/mol. The van der Waals surface area contributed by atoms with Crippen LogP contribution in [0.1, 0.15) is 18.0 Å². The van der Waals surface area contributed by atoms with Crippen LogP contribution in [0, 0.1) is 6.92 Å². The van der Waals surface area contributed by atoms with E-state index in [1.165, 1.54) is 5.56 Å². The van der Waals surface area contributed by atoms with Crippen LogP contribution in [0.4, 0.5) is 0 Å². The fourth-order valence-electron chi connectivity index (χ4n) is 2.59. The summed E-state index contributed by atoms with van der Waals surface area (Å²) in [6.07, 6.45) is 2.82. The lowest BCUT2D eigenvalue weighted by atomic mass is 10.0. The zero-order chi connectivity index (χ0) is 14.1. The van der Waals surface area contributed by atoms with E-state index in [0.29, 0.717) is 0 Å². The second-order valence-electron chi connectivity index (χ2n) is 4.76. The van der Waals surface area contributed by atoms with Crippen LogP contribution in [0.15, 0.2) is 54.7 Å². The summed E-state index contributed by atoms with van der Waals surface area (Å²) in [4.78, 5) is 0. The quantitative estimate of drug-likeness (QED) is 0.579. The zero-order valence-corrected chi connectivity index (χ0v) is 12.4. The molecule has 0 aliphatic rings. The summed E-state index contributed by atoms with van der Waals surface area (Å²) in [5.41, 5.74) is 2.24. The first-order valence-electron chi connectivity index (χ1n) is 6.50. The van der Waals surface area contributed by atoms with Gasteiger partial charge in [0.15, 0.2) is 0 Å². The van der Waals surface area contributed by atoms with Gasteiger partial charge < -0.3 is 4.57 Å². The third-order valence-corrected chi connectivity index (χ3v) is 4.11. The fourth-order valence-corrected chi connectivity index (χ4v) is 2.99. The summed E-state index contributed by atoms with van der Waals surface area (Å²) in [5.74, 6) is 0. The molecule has 1 aromatic heterocycles. The Kier molecular flexibility index (Phi) is 3.73. The van der Waals surface area contributed by atoms with Gasteiger partial charge in [-0.3, -0.25) is 0 Å². The molecule has 0 spiro atoms. The molecule has 0 fully saturated rings. The Morgan fingerprint density at radius 3 is 2.45 bits per heavy atom. The predicted octanol–water partition coefficient (Wildman–Crippen LogP) is 5.76. The van der Waals surface area contributed by atoms with Crippen molar-refractivity contribution in [2.45, 2.75) is 12.5 Å². The van der Waals surface area contributed by atoms with Gasteiger partial charge in [0.1, 0.15) is 0 Å². The highest BCUT2D eigenvalue weighted by Crippen LogP contribution is 2.31. The Morgan fingerprint density at radius 2 is 1.75 bits per heavy atom. The number of fused-ring (bicyclic) bond motifs is 1. The first kappa shape index (κ1) is 13.5. The van der Waals surface area contributed by atoms with Crippen molar-refractivity contribution in [3.05, 3.63) is 77.3 Å². The topological polar surface area (TPSA) is 4.93 Å². The summed E-state index contributed by atoms with van der Waals surface area (Å²) in [7, 11) is 0. The van der Waals surface area contributed by atoms with Gasteiger partial charge in [0.25, 0.3) is 0 Å². The molecule has 3 aromatic rings. The number of hydrogen-bond acceptors (Lipinski definition) is 0. The second-order valence-corrected chi connectivity index (χ2v) is 5.60. The minimum atomic E-state index is 0.157. The summed E-state index contributed by atoms with van der Waals surface area (Å²) in [6.45, 7) is 4.08. The van der Waals surface area contributed by atoms with Gasteiger partial charge >= 0.3 is 0 Å². The highest BCUT2D eigenvalue weighted by Gasteiger charge is 2.15. The minimum absolute atomic E-state index is 0.157. The summed E-state index contributed by atoms with van der Waals surface area (Å²) in [5, 5.41) is 2.65. The smallest absolute Gasteiger partial charge is 0.0675 e. The van der Waals surface area contributed by atoms with E-state index >= 15 is 0 Å². The average Bonchev–Trinajstić information content (AvgIpc) is 2.87. The first-order chi connectivity index (χ1) is 9.70. The van der Waals surface area contributed by atoms with Crippen LogP contribution in [0.3, 0.4) is 0 Å². The van der Waals surface area contributed by atoms with Gasteiger partial charge in [-0.15, -0.1) is 0 Å². The van der Waals surface area contributed by atoms with Crippen molar-refractivity contribution in [2.75, 3.05) is 0 Å². The Balaban J connectivity index is 2.14.